The molecular formula is C13H14F3NO. The maximum Gasteiger partial charge on any atom is 0.414 e. The van der Waals surface area contributed by atoms with E-state index in [4.69, 9.17) is 10.5 Å². The second-order valence-electron chi connectivity index (χ2n) is 3.70. The van der Waals surface area contributed by atoms with Crippen molar-refractivity contribution in [3.05, 3.63) is 35.4 Å². The van der Waals surface area contributed by atoms with Gasteiger partial charge in [0, 0.05) is 5.56 Å². The third kappa shape index (κ3) is 4.78. The van der Waals surface area contributed by atoms with Crippen LogP contribution in [0.1, 0.15) is 18.1 Å². The van der Waals surface area contributed by atoms with Gasteiger partial charge in [0.15, 0.2) is 6.10 Å². The minimum atomic E-state index is -4.34. The van der Waals surface area contributed by atoms with Gasteiger partial charge in [-0.25, -0.2) is 0 Å². The molecule has 1 aromatic carbocycles. The smallest absolute Gasteiger partial charge is 0.364 e. The highest BCUT2D eigenvalue weighted by atomic mass is 19.4. The van der Waals surface area contributed by atoms with Gasteiger partial charge in [0.05, 0.1) is 13.2 Å². The van der Waals surface area contributed by atoms with Crippen molar-refractivity contribution in [2.24, 2.45) is 5.73 Å². The molecule has 98 valence electrons. The van der Waals surface area contributed by atoms with Gasteiger partial charge in [0.25, 0.3) is 0 Å². The summed E-state index contributed by atoms with van der Waals surface area (Å²) in [5.74, 6) is 5.49. The fourth-order valence-corrected chi connectivity index (χ4v) is 1.21. The Morgan fingerprint density at radius 2 is 2.11 bits per heavy atom. The molecule has 2 nitrogen and oxygen atoms in total. The van der Waals surface area contributed by atoms with Crippen LogP contribution in [0.25, 0.3) is 0 Å². The van der Waals surface area contributed by atoms with Crippen molar-refractivity contribution < 1.29 is 17.9 Å². The summed E-state index contributed by atoms with van der Waals surface area (Å²) in [5.41, 5.74) is 6.59. The second kappa shape index (κ2) is 6.43. The van der Waals surface area contributed by atoms with E-state index >= 15 is 0 Å². The zero-order valence-electron chi connectivity index (χ0n) is 9.92. The highest BCUT2D eigenvalue weighted by Gasteiger charge is 2.36. The molecule has 0 radical (unpaired) electrons. The van der Waals surface area contributed by atoms with Gasteiger partial charge in [0.2, 0.25) is 0 Å². The average Bonchev–Trinajstić information content (AvgIpc) is 2.32. The monoisotopic (exact) mass is 257 g/mol. The van der Waals surface area contributed by atoms with Crippen LogP contribution in [-0.4, -0.2) is 18.8 Å². The first-order valence-corrected chi connectivity index (χ1v) is 5.39. The van der Waals surface area contributed by atoms with E-state index in [9.17, 15) is 13.2 Å². The highest BCUT2D eigenvalue weighted by Crippen LogP contribution is 2.23. The Balaban J connectivity index is 2.63. The Kier molecular flexibility index (Phi) is 5.20. The van der Waals surface area contributed by atoms with E-state index in [1.165, 1.54) is 0 Å². The van der Waals surface area contributed by atoms with E-state index < -0.39 is 12.3 Å². The molecule has 5 heteroatoms. The van der Waals surface area contributed by atoms with Gasteiger partial charge in [-0.15, -0.1) is 0 Å². The van der Waals surface area contributed by atoms with E-state index in [-0.39, 0.29) is 13.2 Å². The maximum atomic E-state index is 12.2. The van der Waals surface area contributed by atoms with Gasteiger partial charge >= 0.3 is 6.18 Å². The molecule has 0 saturated carbocycles. The minimum absolute atomic E-state index is 0.0984. The molecule has 0 amide bonds. The number of alkyl halides is 3. The van der Waals surface area contributed by atoms with Crippen LogP contribution in [0.3, 0.4) is 0 Å². The fourth-order valence-electron chi connectivity index (χ4n) is 1.21. The molecule has 0 aliphatic rings. The summed E-state index contributed by atoms with van der Waals surface area (Å²) in [4.78, 5) is 0. The largest absolute Gasteiger partial charge is 0.414 e. The number of benzene rings is 1. The summed E-state index contributed by atoms with van der Waals surface area (Å²) in [6, 6.07) is 6.86. The molecule has 0 heterocycles. The lowest BCUT2D eigenvalue weighted by Gasteiger charge is -2.16. The average molecular weight is 257 g/mol. The van der Waals surface area contributed by atoms with Crippen LogP contribution in [0.15, 0.2) is 24.3 Å². The van der Waals surface area contributed by atoms with Crippen LogP contribution < -0.4 is 5.73 Å². The first kappa shape index (κ1) is 14.6. The molecule has 18 heavy (non-hydrogen) atoms. The zero-order chi connectivity index (χ0) is 13.6. The van der Waals surface area contributed by atoms with Crippen LogP contribution >= 0.6 is 0 Å². The lowest BCUT2D eigenvalue weighted by molar-refractivity contribution is -0.217. The Labute approximate surface area is 104 Å². The van der Waals surface area contributed by atoms with Crippen LogP contribution in [0.4, 0.5) is 13.2 Å². The van der Waals surface area contributed by atoms with E-state index in [1.807, 2.05) is 0 Å². The Morgan fingerprint density at radius 3 is 2.72 bits per heavy atom. The molecule has 1 aromatic rings. The molecule has 0 saturated heterocycles. The van der Waals surface area contributed by atoms with E-state index in [1.54, 1.807) is 24.3 Å². The summed E-state index contributed by atoms with van der Waals surface area (Å²) < 4.78 is 41.5. The summed E-state index contributed by atoms with van der Waals surface area (Å²) >= 11 is 0. The van der Waals surface area contributed by atoms with Gasteiger partial charge in [-0.05, 0) is 24.6 Å². The molecule has 1 atom stereocenters. The van der Waals surface area contributed by atoms with Crippen LogP contribution in [0.5, 0.6) is 0 Å². The SMILES string of the molecule is CC(OCc1cccc(C#CCN)c1)C(F)(F)F. The first-order valence-electron chi connectivity index (χ1n) is 5.39. The van der Waals surface area contributed by atoms with E-state index in [2.05, 4.69) is 11.8 Å². The zero-order valence-corrected chi connectivity index (χ0v) is 9.92. The molecule has 0 spiro atoms. The minimum Gasteiger partial charge on any atom is -0.364 e. The van der Waals surface area contributed by atoms with Crippen molar-refractivity contribution in [3.63, 3.8) is 0 Å². The molecule has 0 bridgehead atoms. The Bertz CT molecular complexity index is 446. The van der Waals surface area contributed by atoms with Crippen molar-refractivity contribution in [3.8, 4) is 11.8 Å². The van der Waals surface area contributed by atoms with E-state index in [0.717, 1.165) is 6.92 Å². The van der Waals surface area contributed by atoms with Gasteiger partial charge in [-0.3, -0.25) is 0 Å². The number of ether oxygens (including phenoxy) is 1. The molecule has 1 unspecified atom stereocenters. The lowest BCUT2D eigenvalue weighted by atomic mass is 10.1. The Morgan fingerprint density at radius 1 is 1.39 bits per heavy atom. The predicted molar refractivity (Wildman–Crippen MR) is 62.7 cm³/mol. The Hall–Kier alpha value is -1.51. The van der Waals surface area contributed by atoms with Crippen LogP contribution in [0, 0.1) is 11.8 Å². The topological polar surface area (TPSA) is 35.2 Å². The van der Waals surface area contributed by atoms with E-state index in [0.29, 0.717) is 11.1 Å². The van der Waals surface area contributed by atoms with Crippen LogP contribution in [-0.2, 0) is 11.3 Å². The number of nitrogens with two attached hydrogens (primary N) is 1. The molecule has 0 aliphatic carbocycles. The predicted octanol–water partition coefficient (Wildman–Crippen LogP) is 2.46. The van der Waals surface area contributed by atoms with Crippen molar-refractivity contribution in [1.82, 2.24) is 0 Å². The van der Waals surface area contributed by atoms with Crippen molar-refractivity contribution >= 4 is 0 Å². The van der Waals surface area contributed by atoms with Gasteiger partial charge < -0.3 is 10.5 Å². The summed E-state index contributed by atoms with van der Waals surface area (Å²) in [7, 11) is 0. The lowest BCUT2D eigenvalue weighted by Crippen LogP contribution is -2.28. The second-order valence-corrected chi connectivity index (χ2v) is 3.70. The number of halogens is 3. The molecule has 1 rings (SSSR count). The third-order valence-electron chi connectivity index (χ3n) is 2.22. The maximum absolute atomic E-state index is 12.2. The van der Waals surface area contributed by atoms with Crippen molar-refractivity contribution in [2.45, 2.75) is 25.8 Å². The van der Waals surface area contributed by atoms with Crippen molar-refractivity contribution in [1.29, 1.82) is 0 Å². The van der Waals surface area contributed by atoms with Crippen molar-refractivity contribution in [2.75, 3.05) is 6.54 Å². The summed E-state index contributed by atoms with van der Waals surface area (Å²) in [6.45, 7) is 1.13. The molecule has 2 N–H and O–H groups in total. The quantitative estimate of drug-likeness (QED) is 0.844. The molecule has 0 aliphatic heterocycles. The molecular weight excluding hydrogens is 243 g/mol. The molecule has 0 aromatic heterocycles. The van der Waals surface area contributed by atoms with Gasteiger partial charge in [-0.2, -0.15) is 13.2 Å². The number of hydrogen-bond donors (Lipinski definition) is 1. The van der Waals surface area contributed by atoms with Gasteiger partial charge in [0.1, 0.15) is 0 Å². The third-order valence-corrected chi connectivity index (χ3v) is 2.22. The number of hydrogen-bond acceptors (Lipinski definition) is 2. The fraction of sp³-hybridized carbons (Fsp3) is 0.385. The van der Waals surface area contributed by atoms with Gasteiger partial charge in [-0.1, -0.05) is 24.0 Å². The standard InChI is InChI=1S/C13H14F3NO/c1-10(13(14,15)16)18-9-12-5-2-4-11(8-12)6-3-7-17/h2,4-5,8,10H,7,9,17H2,1H3. The molecule has 0 fully saturated rings. The number of rotatable bonds is 3. The highest BCUT2D eigenvalue weighted by molar-refractivity contribution is 5.37. The summed E-state index contributed by atoms with van der Waals surface area (Å²) in [6.07, 6.45) is -6.12. The summed E-state index contributed by atoms with van der Waals surface area (Å²) in [5, 5.41) is 0. The van der Waals surface area contributed by atoms with Crippen LogP contribution in [0.2, 0.25) is 0 Å². The first-order chi connectivity index (χ1) is 8.43. The normalized spacial score (nSPS) is 12.7.